The number of nitrogens with zero attached hydrogens (tertiary/aromatic N) is 2. The molecule has 0 bridgehead atoms. The van der Waals surface area contributed by atoms with Crippen molar-refractivity contribution in [2.75, 3.05) is 0 Å². The Morgan fingerprint density at radius 3 is 2.11 bits per heavy atom. The highest BCUT2D eigenvalue weighted by Gasteiger charge is 2.51. The summed E-state index contributed by atoms with van der Waals surface area (Å²) < 4.78 is 0. The standard InChI is InChI=1S/C14H20N2O2/c1-9-10(2)14(6,16-8-18)11(3)13(4,5)12(9)15-7-17/h11-12H,1-6H3. The number of isocyanates is 2. The van der Waals surface area contributed by atoms with Gasteiger partial charge in [0.1, 0.15) is 0 Å². The Morgan fingerprint density at radius 2 is 1.67 bits per heavy atom. The molecule has 4 heteroatoms. The van der Waals surface area contributed by atoms with E-state index in [1.807, 2.05) is 41.5 Å². The van der Waals surface area contributed by atoms with Crippen LogP contribution in [0.15, 0.2) is 21.1 Å². The largest absolute Gasteiger partial charge is 0.235 e. The van der Waals surface area contributed by atoms with E-state index in [0.717, 1.165) is 11.1 Å². The summed E-state index contributed by atoms with van der Waals surface area (Å²) >= 11 is 0. The molecule has 1 aliphatic rings. The lowest BCUT2D eigenvalue weighted by molar-refractivity contribution is 0.121. The van der Waals surface area contributed by atoms with Crippen LogP contribution in [0.1, 0.15) is 41.5 Å². The Labute approximate surface area is 108 Å². The molecule has 0 aromatic heterocycles. The van der Waals surface area contributed by atoms with Crippen LogP contribution in [0.2, 0.25) is 0 Å². The van der Waals surface area contributed by atoms with Crippen molar-refractivity contribution in [3.05, 3.63) is 11.1 Å². The van der Waals surface area contributed by atoms with Gasteiger partial charge in [0, 0.05) is 0 Å². The monoisotopic (exact) mass is 248 g/mol. The van der Waals surface area contributed by atoms with Crippen molar-refractivity contribution in [3.63, 3.8) is 0 Å². The van der Waals surface area contributed by atoms with Gasteiger partial charge in [-0.1, -0.05) is 20.8 Å². The van der Waals surface area contributed by atoms with Crippen molar-refractivity contribution in [1.82, 2.24) is 0 Å². The summed E-state index contributed by atoms with van der Waals surface area (Å²) in [6.07, 6.45) is 3.33. The highest BCUT2D eigenvalue weighted by atomic mass is 16.1. The molecule has 0 spiro atoms. The molecule has 3 unspecified atom stereocenters. The molecule has 0 aromatic carbocycles. The zero-order chi connectivity index (χ0) is 14.1. The average molecular weight is 248 g/mol. The van der Waals surface area contributed by atoms with Crippen molar-refractivity contribution in [3.8, 4) is 0 Å². The SMILES string of the molecule is CC1=C(C)C(C)(N=C=O)C(C)C(C)(C)C1N=C=O. The predicted molar refractivity (Wildman–Crippen MR) is 69.8 cm³/mol. The van der Waals surface area contributed by atoms with Crippen LogP contribution in [0.4, 0.5) is 0 Å². The van der Waals surface area contributed by atoms with Crippen molar-refractivity contribution in [2.24, 2.45) is 21.3 Å². The van der Waals surface area contributed by atoms with Crippen LogP contribution in [0.3, 0.4) is 0 Å². The van der Waals surface area contributed by atoms with E-state index in [1.54, 1.807) is 12.2 Å². The maximum atomic E-state index is 10.7. The molecule has 0 aromatic rings. The van der Waals surface area contributed by atoms with E-state index in [1.165, 1.54) is 0 Å². The van der Waals surface area contributed by atoms with Gasteiger partial charge in [0.25, 0.3) is 0 Å². The van der Waals surface area contributed by atoms with Gasteiger partial charge in [-0.25, -0.2) is 9.59 Å². The van der Waals surface area contributed by atoms with Crippen molar-refractivity contribution < 1.29 is 9.59 Å². The van der Waals surface area contributed by atoms with Crippen LogP contribution < -0.4 is 0 Å². The summed E-state index contributed by atoms with van der Waals surface area (Å²) in [6.45, 7) is 11.9. The van der Waals surface area contributed by atoms with Gasteiger partial charge in [0.2, 0.25) is 12.2 Å². The zero-order valence-electron chi connectivity index (χ0n) is 11.9. The molecule has 3 atom stereocenters. The summed E-state index contributed by atoms with van der Waals surface area (Å²) in [4.78, 5) is 29.3. The van der Waals surface area contributed by atoms with E-state index in [9.17, 15) is 9.59 Å². The molecule has 0 saturated carbocycles. The molecule has 18 heavy (non-hydrogen) atoms. The van der Waals surface area contributed by atoms with Crippen LogP contribution >= 0.6 is 0 Å². The molecule has 1 aliphatic carbocycles. The first-order chi connectivity index (χ1) is 8.23. The van der Waals surface area contributed by atoms with Gasteiger partial charge in [0.05, 0.1) is 11.6 Å². The Balaban J connectivity index is 3.57. The van der Waals surface area contributed by atoms with E-state index in [-0.39, 0.29) is 17.4 Å². The Kier molecular flexibility index (Phi) is 3.75. The van der Waals surface area contributed by atoms with Gasteiger partial charge >= 0.3 is 0 Å². The maximum Gasteiger partial charge on any atom is 0.235 e. The molecule has 0 saturated heterocycles. The van der Waals surface area contributed by atoms with Gasteiger partial charge in [-0.15, -0.1) is 0 Å². The molecule has 0 N–H and O–H groups in total. The fourth-order valence-corrected chi connectivity index (χ4v) is 3.04. The second-order valence-corrected chi connectivity index (χ2v) is 5.82. The Hall–Kier alpha value is -1.50. The van der Waals surface area contributed by atoms with Crippen molar-refractivity contribution >= 4 is 12.2 Å². The maximum absolute atomic E-state index is 10.7. The molecular formula is C14H20N2O2. The number of carbonyl (C=O) groups excluding carboxylic acids is 2. The second-order valence-electron chi connectivity index (χ2n) is 5.82. The quantitative estimate of drug-likeness (QED) is 0.428. The molecule has 0 aliphatic heterocycles. The lowest BCUT2D eigenvalue weighted by Crippen LogP contribution is -2.51. The minimum Gasteiger partial charge on any atom is -0.211 e. The Bertz CT molecular complexity index is 480. The van der Waals surface area contributed by atoms with Crippen LogP contribution in [0.25, 0.3) is 0 Å². The molecule has 0 amide bonds. The van der Waals surface area contributed by atoms with Gasteiger partial charge in [-0.05, 0) is 43.3 Å². The van der Waals surface area contributed by atoms with Crippen LogP contribution in [0, 0.1) is 11.3 Å². The topological polar surface area (TPSA) is 58.9 Å². The molecule has 0 radical (unpaired) electrons. The predicted octanol–water partition coefficient (Wildman–Crippen LogP) is 2.80. The van der Waals surface area contributed by atoms with Gasteiger partial charge in [-0.3, -0.25) is 0 Å². The normalized spacial score (nSPS) is 34.6. The first-order valence-corrected chi connectivity index (χ1v) is 6.07. The minimum atomic E-state index is -0.579. The highest BCUT2D eigenvalue weighted by molar-refractivity contribution is 5.44. The molecule has 0 heterocycles. The van der Waals surface area contributed by atoms with E-state index in [0.29, 0.717) is 0 Å². The lowest BCUT2D eigenvalue weighted by atomic mass is 9.57. The third-order valence-electron chi connectivity index (χ3n) is 4.88. The third kappa shape index (κ3) is 1.88. The summed E-state index contributed by atoms with van der Waals surface area (Å²) in [7, 11) is 0. The summed E-state index contributed by atoms with van der Waals surface area (Å²) in [5, 5.41) is 0. The summed E-state index contributed by atoms with van der Waals surface area (Å²) in [5.74, 6) is 0.0669. The number of rotatable bonds is 2. The first-order valence-electron chi connectivity index (χ1n) is 6.07. The van der Waals surface area contributed by atoms with Crippen LogP contribution in [-0.2, 0) is 9.59 Å². The van der Waals surface area contributed by atoms with E-state index in [4.69, 9.17) is 0 Å². The second kappa shape index (κ2) is 4.64. The Morgan fingerprint density at radius 1 is 1.11 bits per heavy atom. The van der Waals surface area contributed by atoms with Gasteiger partial charge in [0.15, 0.2) is 0 Å². The van der Waals surface area contributed by atoms with E-state index < -0.39 is 5.54 Å². The number of hydrogen-bond acceptors (Lipinski definition) is 4. The van der Waals surface area contributed by atoms with Crippen LogP contribution in [0.5, 0.6) is 0 Å². The number of hydrogen-bond donors (Lipinski definition) is 0. The van der Waals surface area contributed by atoms with Crippen molar-refractivity contribution in [2.45, 2.75) is 53.1 Å². The highest BCUT2D eigenvalue weighted by Crippen LogP contribution is 2.51. The smallest absolute Gasteiger partial charge is 0.211 e. The average Bonchev–Trinajstić information content (AvgIpc) is 2.31. The van der Waals surface area contributed by atoms with Crippen LogP contribution in [-0.4, -0.2) is 23.7 Å². The van der Waals surface area contributed by atoms with Gasteiger partial charge < -0.3 is 0 Å². The molecule has 4 nitrogen and oxygen atoms in total. The molecule has 0 fully saturated rings. The fraction of sp³-hybridized carbons (Fsp3) is 0.714. The van der Waals surface area contributed by atoms with Gasteiger partial charge in [-0.2, -0.15) is 9.98 Å². The fourth-order valence-electron chi connectivity index (χ4n) is 3.04. The first kappa shape index (κ1) is 14.6. The third-order valence-corrected chi connectivity index (χ3v) is 4.88. The van der Waals surface area contributed by atoms with E-state index in [2.05, 4.69) is 9.98 Å². The summed E-state index contributed by atoms with van der Waals surface area (Å²) in [6, 6.07) is -0.208. The molecular weight excluding hydrogens is 228 g/mol. The lowest BCUT2D eigenvalue weighted by Gasteiger charge is -2.50. The molecule has 1 rings (SSSR count). The zero-order valence-corrected chi connectivity index (χ0v) is 11.9. The number of aliphatic imine (C=N–C) groups is 2. The minimum absolute atomic E-state index is 0.0669. The van der Waals surface area contributed by atoms with Crippen molar-refractivity contribution in [1.29, 1.82) is 0 Å². The summed E-state index contributed by atoms with van der Waals surface area (Å²) in [5.41, 5.74) is 1.13. The van der Waals surface area contributed by atoms with E-state index >= 15 is 0 Å². The molecule has 98 valence electrons.